The van der Waals surface area contributed by atoms with Crippen LogP contribution in [0.4, 0.5) is 0 Å². The van der Waals surface area contributed by atoms with Crippen molar-refractivity contribution in [2.24, 2.45) is 0 Å². The Bertz CT molecular complexity index is 894. The van der Waals surface area contributed by atoms with Crippen LogP contribution < -0.4 is 9.47 Å². The van der Waals surface area contributed by atoms with Crippen molar-refractivity contribution in [1.82, 2.24) is 0 Å². The Morgan fingerprint density at radius 3 is 2.35 bits per heavy atom. The van der Waals surface area contributed by atoms with E-state index < -0.39 is 11.9 Å². The monoisotopic (exact) mass is 350 g/mol. The summed E-state index contributed by atoms with van der Waals surface area (Å²) in [5, 5.41) is 9.34. The molecule has 3 rings (SSSR count). The first-order valence-electron chi connectivity index (χ1n) is 8.21. The minimum Gasteiger partial charge on any atom is -0.512 e. The third-order valence-corrected chi connectivity index (χ3v) is 3.96. The van der Waals surface area contributed by atoms with Gasteiger partial charge in [-0.05, 0) is 61.4 Å². The van der Waals surface area contributed by atoms with Crippen molar-refractivity contribution < 1.29 is 24.2 Å². The molecule has 0 unspecified atom stereocenters. The van der Waals surface area contributed by atoms with Gasteiger partial charge in [-0.25, -0.2) is 9.59 Å². The zero-order valence-electron chi connectivity index (χ0n) is 14.3. The van der Waals surface area contributed by atoms with E-state index in [1.165, 1.54) is 6.08 Å². The van der Waals surface area contributed by atoms with Crippen LogP contribution in [0.25, 0.3) is 0 Å². The van der Waals surface area contributed by atoms with Gasteiger partial charge in [0.25, 0.3) is 0 Å². The molecule has 26 heavy (non-hydrogen) atoms. The van der Waals surface area contributed by atoms with Crippen molar-refractivity contribution in [2.45, 2.75) is 19.8 Å². The van der Waals surface area contributed by atoms with Crippen LogP contribution in [0.2, 0.25) is 0 Å². The number of aryl methyl sites for hydroxylation is 1. The predicted octanol–water partition coefficient (Wildman–Crippen LogP) is 4.28. The fourth-order valence-electron chi connectivity index (χ4n) is 2.50. The topological polar surface area (TPSA) is 72.8 Å². The summed E-state index contributed by atoms with van der Waals surface area (Å²) in [6.45, 7) is 1.77. The highest BCUT2D eigenvalue weighted by molar-refractivity contribution is 5.92. The second-order valence-electron chi connectivity index (χ2n) is 5.92. The van der Waals surface area contributed by atoms with Gasteiger partial charge < -0.3 is 14.6 Å². The van der Waals surface area contributed by atoms with Crippen LogP contribution in [-0.4, -0.2) is 17.0 Å². The maximum Gasteiger partial charge on any atom is 0.343 e. The van der Waals surface area contributed by atoms with Gasteiger partial charge in [0.15, 0.2) is 0 Å². The van der Waals surface area contributed by atoms with Gasteiger partial charge in [-0.1, -0.05) is 18.2 Å². The first-order chi connectivity index (χ1) is 12.5. The molecule has 0 amide bonds. The third kappa shape index (κ3) is 4.19. The molecule has 5 heteroatoms. The molecule has 1 N–H and O–H groups in total. The fourth-order valence-corrected chi connectivity index (χ4v) is 2.50. The normalized spacial score (nSPS) is 13.4. The number of carbonyl (C=O) groups excluding carboxylic acids is 2. The molecule has 2 aromatic carbocycles. The van der Waals surface area contributed by atoms with E-state index in [4.69, 9.17) is 9.47 Å². The minimum atomic E-state index is -0.456. The molecule has 0 aromatic heterocycles. The lowest BCUT2D eigenvalue weighted by atomic mass is 10.0. The molecule has 0 saturated heterocycles. The van der Waals surface area contributed by atoms with Crippen molar-refractivity contribution >= 4 is 11.9 Å². The Labute approximate surface area is 151 Å². The summed E-state index contributed by atoms with van der Waals surface area (Å²) in [6.07, 6.45) is 3.92. The van der Waals surface area contributed by atoms with E-state index in [9.17, 15) is 14.7 Å². The number of hydrogen-bond acceptors (Lipinski definition) is 5. The summed E-state index contributed by atoms with van der Waals surface area (Å²) >= 11 is 0. The lowest BCUT2D eigenvalue weighted by Gasteiger charge is -2.12. The van der Waals surface area contributed by atoms with E-state index in [1.807, 2.05) is 6.07 Å². The summed E-state index contributed by atoms with van der Waals surface area (Å²) in [5.74, 6) is 0.122. The molecular formula is C21H18O5. The highest BCUT2D eigenvalue weighted by Crippen LogP contribution is 2.26. The SMILES string of the molecule is Cc1cc(OC(=O)C2=CC=C(O)CC2)ccc1OC(=O)c1ccccc1. The Balaban J connectivity index is 1.68. The van der Waals surface area contributed by atoms with Crippen LogP contribution in [-0.2, 0) is 4.79 Å². The van der Waals surface area contributed by atoms with E-state index in [2.05, 4.69) is 0 Å². The van der Waals surface area contributed by atoms with Crippen molar-refractivity contribution in [3.05, 3.63) is 83.1 Å². The quantitative estimate of drug-likeness (QED) is 0.658. The van der Waals surface area contributed by atoms with Gasteiger partial charge in [-0.3, -0.25) is 0 Å². The smallest absolute Gasteiger partial charge is 0.343 e. The first-order valence-corrected chi connectivity index (χ1v) is 8.21. The molecule has 0 atom stereocenters. The summed E-state index contributed by atoms with van der Waals surface area (Å²) in [6, 6.07) is 13.5. The van der Waals surface area contributed by atoms with Crippen LogP contribution in [0.15, 0.2) is 72.0 Å². The Hall–Kier alpha value is -3.34. The molecule has 0 radical (unpaired) electrons. The standard InChI is InChI=1S/C21H18O5/c1-14-13-18(25-20(23)16-7-9-17(22)10-8-16)11-12-19(14)26-21(24)15-5-3-2-4-6-15/h2-7,9,11-13,22H,8,10H2,1H3. The number of ether oxygens (including phenoxy) is 2. The molecule has 1 aliphatic carbocycles. The van der Waals surface area contributed by atoms with Crippen LogP contribution in [0.5, 0.6) is 11.5 Å². The van der Waals surface area contributed by atoms with Crippen molar-refractivity contribution in [3.63, 3.8) is 0 Å². The van der Waals surface area contributed by atoms with Gasteiger partial charge in [0.2, 0.25) is 0 Å². The number of aliphatic hydroxyl groups is 1. The number of allylic oxidation sites excluding steroid dienone is 3. The number of carbonyl (C=O) groups is 2. The summed E-state index contributed by atoms with van der Waals surface area (Å²) in [4.78, 5) is 24.3. The second kappa shape index (κ2) is 7.70. The molecule has 1 aliphatic rings. The second-order valence-corrected chi connectivity index (χ2v) is 5.92. The van der Waals surface area contributed by atoms with E-state index >= 15 is 0 Å². The largest absolute Gasteiger partial charge is 0.512 e. The van der Waals surface area contributed by atoms with Gasteiger partial charge in [-0.2, -0.15) is 0 Å². The highest BCUT2D eigenvalue weighted by Gasteiger charge is 2.16. The molecular weight excluding hydrogens is 332 g/mol. The molecule has 0 aliphatic heterocycles. The predicted molar refractivity (Wildman–Crippen MR) is 96.2 cm³/mol. The minimum absolute atomic E-state index is 0.252. The number of esters is 2. The van der Waals surface area contributed by atoms with Crippen LogP contribution in [0.3, 0.4) is 0 Å². The molecule has 0 fully saturated rings. The number of rotatable bonds is 4. The highest BCUT2D eigenvalue weighted by atomic mass is 16.5. The number of hydrogen-bond donors (Lipinski definition) is 1. The fraction of sp³-hybridized carbons (Fsp3) is 0.143. The Morgan fingerprint density at radius 1 is 0.923 bits per heavy atom. The average Bonchev–Trinajstić information content (AvgIpc) is 2.65. The van der Waals surface area contributed by atoms with Gasteiger partial charge in [0.1, 0.15) is 11.5 Å². The van der Waals surface area contributed by atoms with E-state index in [0.717, 1.165) is 0 Å². The summed E-state index contributed by atoms with van der Waals surface area (Å²) < 4.78 is 10.7. The van der Waals surface area contributed by atoms with Crippen molar-refractivity contribution in [1.29, 1.82) is 0 Å². The maximum absolute atomic E-state index is 12.1. The lowest BCUT2D eigenvalue weighted by Crippen LogP contribution is -2.13. The zero-order valence-corrected chi connectivity index (χ0v) is 14.3. The van der Waals surface area contributed by atoms with Crippen LogP contribution in [0, 0.1) is 6.92 Å². The van der Waals surface area contributed by atoms with E-state index in [1.54, 1.807) is 55.5 Å². The average molecular weight is 350 g/mol. The van der Waals surface area contributed by atoms with Crippen molar-refractivity contribution in [3.8, 4) is 11.5 Å². The third-order valence-electron chi connectivity index (χ3n) is 3.96. The lowest BCUT2D eigenvalue weighted by molar-refractivity contribution is -0.130. The zero-order chi connectivity index (χ0) is 18.5. The van der Waals surface area contributed by atoms with Gasteiger partial charge in [-0.15, -0.1) is 0 Å². The van der Waals surface area contributed by atoms with Gasteiger partial charge in [0, 0.05) is 12.0 Å². The van der Waals surface area contributed by atoms with Crippen LogP contribution in [0.1, 0.15) is 28.8 Å². The molecule has 0 saturated carbocycles. The van der Waals surface area contributed by atoms with E-state index in [0.29, 0.717) is 41.0 Å². The summed E-state index contributed by atoms with van der Waals surface area (Å²) in [7, 11) is 0. The molecule has 5 nitrogen and oxygen atoms in total. The van der Waals surface area contributed by atoms with Crippen LogP contribution >= 0.6 is 0 Å². The number of benzene rings is 2. The first kappa shape index (κ1) is 17.5. The van der Waals surface area contributed by atoms with Crippen molar-refractivity contribution in [2.75, 3.05) is 0 Å². The molecule has 0 bridgehead atoms. The van der Waals surface area contributed by atoms with Gasteiger partial charge in [0.05, 0.1) is 11.3 Å². The Kier molecular flexibility index (Phi) is 5.17. The summed E-state index contributed by atoms with van der Waals surface area (Å²) in [5.41, 5.74) is 1.64. The van der Waals surface area contributed by atoms with Gasteiger partial charge >= 0.3 is 11.9 Å². The maximum atomic E-state index is 12.1. The molecule has 0 spiro atoms. The molecule has 132 valence electrons. The van der Waals surface area contributed by atoms with E-state index in [-0.39, 0.29) is 5.76 Å². The number of aliphatic hydroxyl groups excluding tert-OH is 1. The molecule has 0 heterocycles. The molecule has 2 aromatic rings. The Morgan fingerprint density at radius 2 is 1.69 bits per heavy atom.